The lowest BCUT2D eigenvalue weighted by molar-refractivity contribution is 1.18. The topological polar surface area (TPSA) is 9.86 Å². The van der Waals surface area contributed by atoms with Crippen molar-refractivity contribution < 1.29 is 0 Å². The van der Waals surface area contributed by atoms with Crippen LogP contribution < -0.4 is 0 Å². The van der Waals surface area contributed by atoms with Crippen LogP contribution in [-0.4, -0.2) is 9.13 Å². The molecule has 0 bridgehead atoms. The van der Waals surface area contributed by atoms with E-state index in [-0.39, 0.29) is 0 Å². The third-order valence-electron chi connectivity index (χ3n) is 11.0. The second-order valence-corrected chi connectivity index (χ2v) is 14.7. The maximum absolute atomic E-state index is 2.38. The van der Waals surface area contributed by atoms with Gasteiger partial charge in [0.15, 0.2) is 0 Å². The Morgan fingerprint density at radius 1 is 0.205 bits per heavy atom. The predicted octanol–water partition coefficient (Wildman–Crippen LogP) is 23.1. The molecule has 2 aromatic heterocycles. The van der Waals surface area contributed by atoms with Gasteiger partial charge in [-0.3, -0.25) is 0 Å². The van der Waals surface area contributed by atoms with Crippen LogP contribution in [0.25, 0.3) is 88.4 Å². The minimum atomic E-state index is 1.18. The predicted molar refractivity (Wildman–Crippen MR) is 333 cm³/mol. The Kier molecular flexibility index (Phi) is 29.4. The molecule has 0 spiro atoms. The summed E-state index contributed by atoms with van der Waals surface area (Å²) in [6.07, 6.45) is 0. The van der Waals surface area contributed by atoms with Crippen LogP contribution in [0.2, 0.25) is 0 Å². The molecule has 2 nitrogen and oxygen atoms in total. The summed E-state index contributed by atoms with van der Waals surface area (Å²) >= 11 is 0. The zero-order chi connectivity index (χ0) is 54.1. The van der Waals surface area contributed by atoms with Crippen molar-refractivity contribution in [2.45, 2.75) is 118 Å². The van der Waals surface area contributed by atoms with Gasteiger partial charge in [-0.1, -0.05) is 275 Å². The van der Waals surface area contributed by atoms with Gasteiger partial charge in [0.1, 0.15) is 0 Å². The first kappa shape index (κ1) is 61.7. The number of benzene rings is 9. The number of hydrogen-bond acceptors (Lipinski definition) is 0. The quantitative estimate of drug-likeness (QED) is 0.163. The smallest absolute Gasteiger partial charge is 0.0547 e. The minimum Gasteiger partial charge on any atom is -0.309 e. The summed E-state index contributed by atoms with van der Waals surface area (Å²) in [6, 6.07) is 80.3. The average molecular weight is 969 g/mol. The summed E-state index contributed by atoms with van der Waals surface area (Å²) < 4.78 is 4.75. The van der Waals surface area contributed by atoms with Crippen LogP contribution >= 0.6 is 0 Å². The molecule has 382 valence electrons. The molecule has 0 atom stereocenters. The molecule has 9 aromatic carbocycles. The van der Waals surface area contributed by atoms with Crippen molar-refractivity contribution in [3.05, 3.63) is 230 Å². The Hall–Kier alpha value is -7.42. The van der Waals surface area contributed by atoms with E-state index < -0.39 is 0 Å². The number of aromatic nitrogens is 2. The lowest BCUT2D eigenvalue weighted by Gasteiger charge is -2.10. The van der Waals surface area contributed by atoms with Gasteiger partial charge in [0.05, 0.1) is 22.1 Å². The van der Waals surface area contributed by atoms with Crippen molar-refractivity contribution in [2.24, 2.45) is 0 Å². The Morgan fingerprint density at radius 2 is 0.521 bits per heavy atom. The molecule has 11 rings (SSSR count). The first-order chi connectivity index (χ1) is 36.2. The van der Waals surface area contributed by atoms with Crippen molar-refractivity contribution in [2.75, 3.05) is 0 Å². The fourth-order valence-corrected chi connectivity index (χ4v) is 8.39. The van der Waals surface area contributed by atoms with Gasteiger partial charge < -0.3 is 9.13 Å². The number of hydrogen-bond donors (Lipinski definition) is 0. The van der Waals surface area contributed by atoms with Gasteiger partial charge in [-0.05, 0) is 107 Å². The molecule has 2 heteroatoms. The SMILES string of the molecule is CC.CC.CC.CC.CC.CC.CC.CC.Cc1cc(-c2ccccc2)cc(-c2ccccc2)c1.c1ccc(-n2c3ccccc3c3cc(-c4ccc5c6ccccc6n(-c6ccccc6)c5c4)ccc32)cc1. The molecule has 11 aromatic rings. The summed E-state index contributed by atoms with van der Waals surface area (Å²) in [5.74, 6) is 0. The van der Waals surface area contributed by atoms with E-state index in [2.05, 4.69) is 241 Å². The molecule has 0 radical (unpaired) electrons. The number of nitrogens with zero attached hydrogens (tertiary/aromatic N) is 2. The summed E-state index contributed by atoms with van der Waals surface area (Å²) in [5.41, 5.74) is 16.1. The zero-order valence-electron chi connectivity index (χ0n) is 47.8. The molecule has 0 aliphatic heterocycles. The van der Waals surface area contributed by atoms with Crippen molar-refractivity contribution in [3.63, 3.8) is 0 Å². The summed E-state index contributed by atoms with van der Waals surface area (Å²) in [6.45, 7) is 34.2. The average Bonchev–Trinajstić information content (AvgIpc) is 4.02. The van der Waals surface area contributed by atoms with E-state index in [4.69, 9.17) is 0 Å². The fraction of sp³-hybridized carbons (Fsp3) is 0.239. The van der Waals surface area contributed by atoms with Crippen molar-refractivity contribution in [1.29, 1.82) is 0 Å². The Balaban J connectivity index is 0.000000441. The maximum atomic E-state index is 2.38. The maximum Gasteiger partial charge on any atom is 0.0547 e. The zero-order valence-corrected chi connectivity index (χ0v) is 47.8. The van der Waals surface area contributed by atoms with Gasteiger partial charge in [-0.2, -0.15) is 0 Å². The molecule has 0 amide bonds. The van der Waals surface area contributed by atoms with Crippen LogP contribution in [0, 0.1) is 6.92 Å². The molecule has 0 aliphatic carbocycles. The van der Waals surface area contributed by atoms with Gasteiger partial charge in [0, 0.05) is 32.9 Å². The monoisotopic (exact) mass is 969 g/mol. The minimum absolute atomic E-state index is 1.18. The Labute approximate surface area is 443 Å². The molecule has 0 N–H and O–H groups in total. The molecule has 0 unspecified atom stereocenters. The Bertz CT molecular complexity index is 3100. The largest absolute Gasteiger partial charge is 0.309 e. The van der Waals surface area contributed by atoms with Crippen LogP contribution in [0.1, 0.15) is 116 Å². The van der Waals surface area contributed by atoms with Gasteiger partial charge in [-0.15, -0.1) is 0 Å². The highest BCUT2D eigenvalue weighted by Crippen LogP contribution is 2.38. The molecular formula is C71H88N2. The second-order valence-electron chi connectivity index (χ2n) is 14.7. The third-order valence-corrected chi connectivity index (χ3v) is 11.0. The lowest BCUT2D eigenvalue weighted by atomic mass is 9.97. The molecule has 0 saturated carbocycles. The van der Waals surface area contributed by atoms with E-state index in [1.165, 1.54) is 93.9 Å². The number of rotatable bonds is 5. The van der Waals surface area contributed by atoms with E-state index in [0.717, 1.165) is 0 Å². The van der Waals surface area contributed by atoms with E-state index >= 15 is 0 Å². The van der Waals surface area contributed by atoms with Crippen LogP contribution in [0.15, 0.2) is 224 Å². The highest BCUT2D eigenvalue weighted by atomic mass is 15.0. The van der Waals surface area contributed by atoms with Crippen molar-refractivity contribution in [3.8, 4) is 44.8 Å². The van der Waals surface area contributed by atoms with E-state index in [1.54, 1.807) is 0 Å². The van der Waals surface area contributed by atoms with Crippen LogP contribution in [0.3, 0.4) is 0 Å². The van der Waals surface area contributed by atoms with E-state index in [0.29, 0.717) is 0 Å². The molecule has 0 aliphatic rings. The van der Waals surface area contributed by atoms with Gasteiger partial charge >= 0.3 is 0 Å². The summed E-state index contributed by atoms with van der Waals surface area (Å²) in [5, 5.41) is 5.09. The fourth-order valence-electron chi connectivity index (χ4n) is 8.39. The highest BCUT2D eigenvalue weighted by Gasteiger charge is 2.16. The van der Waals surface area contributed by atoms with Crippen LogP contribution in [-0.2, 0) is 0 Å². The summed E-state index contributed by atoms with van der Waals surface area (Å²) in [4.78, 5) is 0. The standard InChI is InChI=1S/C36H24N2.C19H16.8C2H6/c1-3-11-27(12-4-1)37-34-18-10-8-16-30(34)32-23-25(20-22-35(32)37)26-19-21-31-29-15-7-9-17-33(29)38(36(31)24-26)28-13-5-2-6-14-28;1-15-12-18(16-8-4-2-5-9-16)14-19(13-15)17-10-6-3-7-11-17;8*1-2/h1-24H;2-14H,1H3;8*1-2H3. The molecule has 73 heavy (non-hydrogen) atoms. The highest BCUT2D eigenvalue weighted by molar-refractivity contribution is 6.12. The molecule has 2 heterocycles. The number of fused-ring (bicyclic) bond motifs is 6. The van der Waals surface area contributed by atoms with Gasteiger partial charge in [0.2, 0.25) is 0 Å². The normalized spacial score (nSPS) is 9.44. The van der Waals surface area contributed by atoms with Crippen LogP contribution in [0.5, 0.6) is 0 Å². The number of para-hydroxylation sites is 4. The van der Waals surface area contributed by atoms with Gasteiger partial charge in [0.25, 0.3) is 0 Å². The van der Waals surface area contributed by atoms with Crippen LogP contribution in [0.4, 0.5) is 0 Å². The molecule has 0 fully saturated rings. The Morgan fingerprint density at radius 3 is 0.959 bits per heavy atom. The van der Waals surface area contributed by atoms with Gasteiger partial charge in [-0.25, -0.2) is 0 Å². The summed E-state index contributed by atoms with van der Waals surface area (Å²) in [7, 11) is 0. The second kappa shape index (κ2) is 34.8. The lowest BCUT2D eigenvalue weighted by Crippen LogP contribution is -1.93. The first-order valence-electron chi connectivity index (χ1n) is 27.6. The molecule has 0 saturated heterocycles. The van der Waals surface area contributed by atoms with Crippen molar-refractivity contribution in [1.82, 2.24) is 9.13 Å². The number of aryl methyl sites for hydroxylation is 1. The van der Waals surface area contributed by atoms with Crippen molar-refractivity contribution >= 4 is 43.6 Å². The molecular weight excluding hydrogens is 881 g/mol. The van der Waals surface area contributed by atoms with E-state index in [9.17, 15) is 0 Å². The van der Waals surface area contributed by atoms with E-state index in [1.807, 2.05) is 111 Å². The first-order valence-corrected chi connectivity index (χ1v) is 27.6. The third kappa shape index (κ3) is 15.3.